The van der Waals surface area contributed by atoms with Crippen molar-refractivity contribution >= 4 is 21.6 Å². The standard InChI is InChI=1S/C24H32N2O5S/c1-5-21(20-10-8-17(2)15-18(20)3)25-24(27)7-6-12-26(32(4,28)29)19-9-11-22-23(16-19)31-14-13-30-22/h8-11,15-16,21H,5-7,12-14H2,1-4H3,(H,25,27)/t21-/m0/s1. The molecule has 2 aromatic rings. The van der Waals surface area contributed by atoms with Crippen molar-refractivity contribution in [2.24, 2.45) is 0 Å². The first-order valence-electron chi connectivity index (χ1n) is 10.9. The lowest BCUT2D eigenvalue weighted by atomic mass is 9.97. The minimum absolute atomic E-state index is 0.0631. The summed E-state index contributed by atoms with van der Waals surface area (Å²) in [6.07, 6.45) is 2.58. The predicted octanol–water partition coefficient (Wildman–Crippen LogP) is 3.89. The molecule has 1 heterocycles. The van der Waals surface area contributed by atoms with Crippen molar-refractivity contribution in [2.45, 2.75) is 46.1 Å². The van der Waals surface area contributed by atoms with Crippen molar-refractivity contribution in [1.82, 2.24) is 5.32 Å². The van der Waals surface area contributed by atoms with Gasteiger partial charge in [-0.1, -0.05) is 30.7 Å². The van der Waals surface area contributed by atoms with E-state index in [1.807, 2.05) is 13.8 Å². The lowest BCUT2D eigenvalue weighted by Gasteiger charge is -2.25. The highest BCUT2D eigenvalue weighted by atomic mass is 32.2. The first-order valence-corrected chi connectivity index (χ1v) is 12.8. The molecule has 7 nitrogen and oxygen atoms in total. The van der Waals surface area contributed by atoms with E-state index in [4.69, 9.17) is 9.47 Å². The third-order valence-electron chi connectivity index (χ3n) is 5.52. The number of hydrogen-bond donors (Lipinski definition) is 1. The summed E-state index contributed by atoms with van der Waals surface area (Å²) in [4.78, 5) is 12.6. The smallest absolute Gasteiger partial charge is 0.232 e. The van der Waals surface area contributed by atoms with E-state index in [1.165, 1.54) is 9.87 Å². The van der Waals surface area contributed by atoms with Gasteiger partial charge in [-0.15, -0.1) is 0 Å². The molecule has 8 heteroatoms. The number of ether oxygens (including phenoxy) is 2. The highest BCUT2D eigenvalue weighted by Gasteiger charge is 2.21. The van der Waals surface area contributed by atoms with Crippen LogP contribution < -0.4 is 19.1 Å². The molecule has 1 atom stereocenters. The zero-order chi connectivity index (χ0) is 23.3. The van der Waals surface area contributed by atoms with Gasteiger partial charge in [0.05, 0.1) is 18.0 Å². The number of amides is 1. The van der Waals surface area contributed by atoms with Crippen molar-refractivity contribution in [3.8, 4) is 11.5 Å². The Hall–Kier alpha value is -2.74. The van der Waals surface area contributed by atoms with E-state index >= 15 is 0 Å². The molecular weight excluding hydrogens is 428 g/mol. The first kappa shape index (κ1) is 23.9. The second kappa shape index (κ2) is 10.3. The van der Waals surface area contributed by atoms with Crippen LogP contribution in [0.4, 0.5) is 5.69 Å². The first-order chi connectivity index (χ1) is 15.2. The monoisotopic (exact) mass is 460 g/mol. The van der Waals surface area contributed by atoms with E-state index in [9.17, 15) is 13.2 Å². The average molecular weight is 461 g/mol. The van der Waals surface area contributed by atoms with Gasteiger partial charge in [-0.2, -0.15) is 0 Å². The van der Waals surface area contributed by atoms with E-state index < -0.39 is 10.0 Å². The fraction of sp³-hybridized carbons (Fsp3) is 0.458. The number of fused-ring (bicyclic) bond motifs is 1. The zero-order valence-electron chi connectivity index (χ0n) is 19.2. The van der Waals surface area contributed by atoms with E-state index in [1.54, 1.807) is 18.2 Å². The maximum absolute atomic E-state index is 12.6. The molecular formula is C24H32N2O5S. The molecule has 1 amide bonds. The number of rotatable bonds is 9. The van der Waals surface area contributed by atoms with Crippen LogP contribution in [0.2, 0.25) is 0 Å². The van der Waals surface area contributed by atoms with Gasteiger partial charge in [0.25, 0.3) is 0 Å². The molecule has 0 unspecified atom stereocenters. The molecule has 0 saturated heterocycles. The number of nitrogens with one attached hydrogen (secondary N) is 1. The Morgan fingerprint density at radius 3 is 2.47 bits per heavy atom. The molecule has 0 bridgehead atoms. The van der Waals surface area contributed by atoms with E-state index in [-0.39, 0.29) is 24.9 Å². The minimum Gasteiger partial charge on any atom is -0.486 e. The van der Waals surface area contributed by atoms with Crippen LogP contribution in [0.15, 0.2) is 36.4 Å². The van der Waals surface area contributed by atoms with Crippen LogP contribution in [0.3, 0.4) is 0 Å². The zero-order valence-corrected chi connectivity index (χ0v) is 20.0. The van der Waals surface area contributed by atoms with Gasteiger partial charge in [-0.05, 0) is 49.9 Å². The summed E-state index contributed by atoms with van der Waals surface area (Å²) in [5.74, 6) is 1.04. The molecule has 0 saturated carbocycles. The lowest BCUT2D eigenvalue weighted by Crippen LogP contribution is -2.33. The molecule has 174 valence electrons. The molecule has 1 N–H and O–H groups in total. The summed E-state index contributed by atoms with van der Waals surface area (Å²) in [5, 5.41) is 3.09. The number of carbonyl (C=O) groups excluding carboxylic acids is 1. The highest BCUT2D eigenvalue weighted by molar-refractivity contribution is 7.92. The Bertz CT molecular complexity index is 1070. The number of sulfonamides is 1. The SMILES string of the molecule is CC[C@H](NC(=O)CCCN(c1ccc2c(c1)OCCO2)S(C)(=O)=O)c1ccc(C)cc1C. The van der Waals surface area contributed by atoms with Gasteiger partial charge in [0.1, 0.15) is 13.2 Å². The van der Waals surface area contributed by atoms with Crippen LogP contribution >= 0.6 is 0 Å². The molecule has 1 aliphatic heterocycles. The normalized spacial score (nSPS) is 14.0. The minimum atomic E-state index is -3.52. The molecule has 0 aliphatic carbocycles. The molecule has 3 rings (SSSR count). The Morgan fingerprint density at radius 1 is 1.09 bits per heavy atom. The van der Waals surface area contributed by atoms with Crippen LogP contribution in [0, 0.1) is 13.8 Å². The molecule has 2 aromatic carbocycles. The van der Waals surface area contributed by atoms with Gasteiger partial charge in [-0.25, -0.2) is 8.42 Å². The third kappa shape index (κ3) is 5.94. The summed E-state index contributed by atoms with van der Waals surface area (Å²) < 4.78 is 37.2. The van der Waals surface area contributed by atoms with E-state index in [2.05, 4.69) is 30.4 Å². The van der Waals surface area contributed by atoms with Gasteiger partial charge in [0.15, 0.2) is 11.5 Å². The summed E-state index contributed by atoms with van der Waals surface area (Å²) in [5.41, 5.74) is 3.95. The number of aryl methyl sites for hydroxylation is 2. The second-order valence-electron chi connectivity index (χ2n) is 8.16. The average Bonchev–Trinajstić information content (AvgIpc) is 2.74. The van der Waals surface area contributed by atoms with Gasteiger partial charge in [0.2, 0.25) is 15.9 Å². The van der Waals surface area contributed by atoms with Crippen LogP contribution in [-0.4, -0.2) is 40.3 Å². The summed E-state index contributed by atoms with van der Waals surface area (Å²) in [6, 6.07) is 11.2. The van der Waals surface area contributed by atoms with Crippen molar-refractivity contribution < 1.29 is 22.7 Å². The summed E-state index contributed by atoms with van der Waals surface area (Å²) >= 11 is 0. The number of hydrogen-bond acceptors (Lipinski definition) is 5. The van der Waals surface area contributed by atoms with Crippen molar-refractivity contribution in [3.05, 3.63) is 53.1 Å². The molecule has 1 aliphatic rings. The quantitative estimate of drug-likeness (QED) is 0.614. The molecule has 0 fully saturated rings. The number of nitrogens with zero attached hydrogens (tertiary/aromatic N) is 1. The molecule has 0 spiro atoms. The highest BCUT2D eigenvalue weighted by Crippen LogP contribution is 2.34. The molecule has 0 aromatic heterocycles. The topological polar surface area (TPSA) is 84.9 Å². The van der Waals surface area contributed by atoms with Crippen molar-refractivity contribution in [1.29, 1.82) is 0 Å². The van der Waals surface area contributed by atoms with Crippen molar-refractivity contribution in [3.63, 3.8) is 0 Å². The van der Waals surface area contributed by atoms with Crippen LogP contribution in [0.1, 0.15) is 48.9 Å². The summed E-state index contributed by atoms with van der Waals surface area (Å²) in [7, 11) is -3.52. The largest absolute Gasteiger partial charge is 0.486 e. The van der Waals surface area contributed by atoms with Crippen LogP contribution in [0.5, 0.6) is 11.5 Å². The van der Waals surface area contributed by atoms with Gasteiger partial charge in [0, 0.05) is 19.0 Å². The van der Waals surface area contributed by atoms with Crippen LogP contribution in [-0.2, 0) is 14.8 Å². The maximum Gasteiger partial charge on any atom is 0.232 e. The molecule has 0 radical (unpaired) electrons. The predicted molar refractivity (Wildman–Crippen MR) is 126 cm³/mol. The Kier molecular flexibility index (Phi) is 7.66. The third-order valence-corrected chi connectivity index (χ3v) is 6.72. The number of carbonyl (C=O) groups is 1. The van der Waals surface area contributed by atoms with Crippen LogP contribution in [0.25, 0.3) is 0 Å². The van der Waals surface area contributed by atoms with Gasteiger partial charge < -0.3 is 14.8 Å². The maximum atomic E-state index is 12.6. The van der Waals surface area contributed by atoms with Gasteiger partial charge >= 0.3 is 0 Å². The Morgan fingerprint density at radius 2 is 1.81 bits per heavy atom. The fourth-order valence-electron chi connectivity index (χ4n) is 3.94. The lowest BCUT2D eigenvalue weighted by molar-refractivity contribution is -0.121. The Labute approximate surface area is 190 Å². The second-order valence-corrected chi connectivity index (χ2v) is 10.1. The van der Waals surface area contributed by atoms with E-state index in [0.717, 1.165) is 23.8 Å². The van der Waals surface area contributed by atoms with E-state index in [0.29, 0.717) is 36.8 Å². The molecule has 32 heavy (non-hydrogen) atoms. The fourth-order valence-corrected chi connectivity index (χ4v) is 4.90. The summed E-state index contributed by atoms with van der Waals surface area (Å²) in [6.45, 7) is 7.23. The number of benzene rings is 2. The van der Waals surface area contributed by atoms with Crippen molar-refractivity contribution in [2.75, 3.05) is 30.3 Å². The number of anilines is 1. The Balaban J connectivity index is 1.62. The van der Waals surface area contributed by atoms with Gasteiger partial charge in [-0.3, -0.25) is 9.10 Å².